The minimum Gasteiger partial charge on any atom is -0.347 e. The van der Waals surface area contributed by atoms with Crippen LogP contribution in [0.2, 0.25) is 0 Å². The van der Waals surface area contributed by atoms with Crippen molar-refractivity contribution < 1.29 is 4.79 Å². The smallest absolute Gasteiger partial charge is 0.261 e. The van der Waals surface area contributed by atoms with Crippen LogP contribution in [0.5, 0.6) is 0 Å². The van der Waals surface area contributed by atoms with Crippen molar-refractivity contribution in [3.63, 3.8) is 0 Å². The molecule has 5 heteroatoms. The Morgan fingerprint density at radius 2 is 2.41 bits per heavy atom. The first-order valence-electron chi connectivity index (χ1n) is 5.56. The van der Waals surface area contributed by atoms with Gasteiger partial charge in [-0.1, -0.05) is 6.92 Å². The molecule has 0 radical (unpaired) electrons. The maximum Gasteiger partial charge on any atom is 0.261 e. The highest BCUT2D eigenvalue weighted by molar-refractivity contribution is 7.14. The number of thiophene rings is 1. The van der Waals surface area contributed by atoms with E-state index in [4.69, 9.17) is 0 Å². The van der Waals surface area contributed by atoms with Gasteiger partial charge in [-0.2, -0.15) is 5.10 Å². The molecular formula is C12H15N3OS. The molecule has 90 valence electrons. The van der Waals surface area contributed by atoms with Gasteiger partial charge in [0, 0.05) is 23.2 Å². The number of hydrogen-bond donors (Lipinski definition) is 2. The fourth-order valence-electron chi connectivity index (χ4n) is 1.63. The summed E-state index contributed by atoms with van der Waals surface area (Å²) in [7, 11) is 0. The summed E-state index contributed by atoms with van der Waals surface area (Å²) in [6.07, 6.45) is 4.45. The molecule has 0 spiro atoms. The van der Waals surface area contributed by atoms with Crippen molar-refractivity contribution in [1.29, 1.82) is 0 Å². The predicted molar refractivity (Wildman–Crippen MR) is 68.2 cm³/mol. The summed E-state index contributed by atoms with van der Waals surface area (Å²) in [4.78, 5) is 13.9. The Labute approximate surface area is 104 Å². The molecule has 0 aliphatic carbocycles. The van der Waals surface area contributed by atoms with Gasteiger partial charge in [0.05, 0.1) is 11.1 Å². The number of aromatic amines is 1. The zero-order valence-electron chi connectivity index (χ0n) is 9.91. The molecular weight excluding hydrogens is 234 g/mol. The van der Waals surface area contributed by atoms with E-state index in [1.807, 2.05) is 6.07 Å². The van der Waals surface area contributed by atoms with Crippen LogP contribution in [-0.4, -0.2) is 16.1 Å². The molecule has 2 N–H and O–H groups in total. The van der Waals surface area contributed by atoms with Crippen molar-refractivity contribution in [2.75, 3.05) is 0 Å². The van der Waals surface area contributed by atoms with Gasteiger partial charge in [-0.3, -0.25) is 9.89 Å². The second kappa shape index (κ2) is 5.14. The molecule has 2 rings (SSSR count). The number of nitrogens with one attached hydrogen (secondary N) is 2. The van der Waals surface area contributed by atoms with Crippen LogP contribution in [-0.2, 0) is 13.0 Å². The zero-order chi connectivity index (χ0) is 12.3. The highest BCUT2D eigenvalue weighted by Gasteiger charge is 2.11. The maximum atomic E-state index is 11.9. The van der Waals surface area contributed by atoms with Gasteiger partial charge in [-0.25, -0.2) is 0 Å². The Morgan fingerprint density at radius 1 is 1.59 bits per heavy atom. The van der Waals surface area contributed by atoms with Gasteiger partial charge >= 0.3 is 0 Å². The van der Waals surface area contributed by atoms with E-state index in [1.165, 1.54) is 10.4 Å². The van der Waals surface area contributed by atoms with E-state index in [2.05, 4.69) is 29.4 Å². The largest absolute Gasteiger partial charge is 0.347 e. The van der Waals surface area contributed by atoms with Crippen LogP contribution in [0.4, 0.5) is 0 Å². The van der Waals surface area contributed by atoms with Crippen molar-refractivity contribution in [3.8, 4) is 0 Å². The Hall–Kier alpha value is -1.62. The summed E-state index contributed by atoms with van der Waals surface area (Å²) in [5.74, 6) is -0.0148. The van der Waals surface area contributed by atoms with Crippen LogP contribution in [0.25, 0.3) is 0 Å². The van der Waals surface area contributed by atoms with E-state index in [-0.39, 0.29) is 5.91 Å². The minimum absolute atomic E-state index is 0.0148. The van der Waals surface area contributed by atoms with Gasteiger partial charge in [-0.05, 0) is 25.0 Å². The predicted octanol–water partition coefficient (Wildman–Crippen LogP) is 2.27. The molecule has 0 aromatic carbocycles. The average Bonchev–Trinajstić information content (AvgIpc) is 2.94. The van der Waals surface area contributed by atoms with Gasteiger partial charge in [0.25, 0.3) is 5.91 Å². The lowest BCUT2D eigenvalue weighted by atomic mass is 10.2. The Morgan fingerprint density at radius 3 is 3.00 bits per heavy atom. The lowest BCUT2D eigenvalue weighted by Crippen LogP contribution is -2.21. The lowest BCUT2D eigenvalue weighted by Gasteiger charge is -2.00. The first kappa shape index (κ1) is 11.9. The molecule has 4 nitrogen and oxygen atoms in total. The van der Waals surface area contributed by atoms with Crippen LogP contribution in [0.1, 0.15) is 32.6 Å². The van der Waals surface area contributed by atoms with Crippen molar-refractivity contribution in [3.05, 3.63) is 39.3 Å². The quantitative estimate of drug-likeness (QED) is 0.873. The second-order valence-corrected chi connectivity index (χ2v) is 5.09. The molecule has 2 aromatic heterocycles. The minimum atomic E-state index is -0.0148. The number of carbonyl (C=O) groups is 1. The van der Waals surface area contributed by atoms with Gasteiger partial charge in [0.15, 0.2) is 0 Å². The van der Waals surface area contributed by atoms with Crippen LogP contribution in [0, 0.1) is 6.92 Å². The number of rotatable bonds is 4. The van der Waals surface area contributed by atoms with Gasteiger partial charge in [0.2, 0.25) is 0 Å². The highest BCUT2D eigenvalue weighted by Crippen LogP contribution is 2.21. The number of amides is 1. The standard InChI is InChI=1S/C12H15N3OS/c1-3-10-4-11(17-8(10)2)12(16)13-5-9-6-14-15-7-9/h4,6-7H,3,5H2,1-2H3,(H,13,16)(H,14,15). The molecule has 0 bridgehead atoms. The number of carbonyl (C=O) groups excluding carboxylic acids is 1. The van der Waals surface area contributed by atoms with E-state index in [0.29, 0.717) is 6.54 Å². The van der Waals surface area contributed by atoms with Gasteiger partial charge in [0.1, 0.15) is 0 Å². The Balaban J connectivity index is 1.99. The summed E-state index contributed by atoms with van der Waals surface area (Å²) in [5.41, 5.74) is 2.23. The fraction of sp³-hybridized carbons (Fsp3) is 0.333. The van der Waals surface area contributed by atoms with E-state index in [9.17, 15) is 4.79 Å². The van der Waals surface area contributed by atoms with Crippen molar-refractivity contribution in [2.45, 2.75) is 26.8 Å². The van der Waals surface area contributed by atoms with Gasteiger partial charge in [-0.15, -0.1) is 11.3 Å². The molecule has 0 saturated carbocycles. The first-order chi connectivity index (χ1) is 8.20. The summed E-state index contributed by atoms with van der Waals surface area (Å²) >= 11 is 1.55. The SMILES string of the molecule is CCc1cc(C(=O)NCc2cn[nH]c2)sc1C. The number of aryl methyl sites for hydroxylation is 2. The highest BCUT2D eigenvalue weighted by atomic mass is 32.1. The molecule has 0 fully saturated rings. The van der Waals surface area contributed by atoms with Crippen LogP contribution in [0.3, 0.4) is 0 Å². The topological polar surface area (TPSA) is 57.8 Å². The molecule has 2 aromatic rings. The summed E-state index contributed by atoms with van der Waals surface area (Å²) in [5, 5.41) is 9.43. The van der Waals surface area contributed by atoms with E-state index < -0.39 is 0 Å². The van der Waals surface area contributed by atoms with Crippen LogP contribution < -0.4 is 5.32 Å². The summed E-state index contributed by atoms with van der Waals surface area (Å²) in [6.45, 7) is 4.66. The van der Waals surface area contributed by atoms with E-state index in [0.717, 1.165) is 16.9 Å². The first-order valence-corrected chi connectivity index (χ1v) is 6.37. The molecule has 2 heterocycles. The van der Waals surface area contributed by atoms with Crippen molar-refractivity contribution >= 4 is 17.2 Å². The number of aromatic nitrogens is 2. The molecule has 0 aliphatic rings. The Kier molecular flexibility index (Phi) is 3.58. The zero-order valence-corrected chi connectivity index (χ0v) is 10.7. The van der Waals surface area contributed by atoms with Gasteiger partial charge < -0.3 is 5.32 Å². The molecule has 17 heavy (non-hydrogen) atoms. The third kappa shape index (κ3) is 2.74. The number of hydrogen-bond acceptors (Lipinski definition) is 3. The maximum absolute atomic E-state index is 11.9. The molecule has 1 amide bonds. The second-order valence-electron chi connectivity index (χ2n) is 3.83. The average molecular weight is 249 g/mol. The van der Waals surface area contributed by atoms with E-state index in [1.54, 1.807) is 23.7 Å². The van der Waals surface area contributed by atoms with E-state index >= 15 is 0 Å². The number of nitrogens with zero attached hydrogens (tertiary/aromatic N) is 1. The third-order valence-electron chi connectivity index (χ3n) is 2.63. The normalized spacial score (nSPS) is 10.5. The molecule has 0 unspecified atom stereocenters. The van der Waals surface area contributed by atoms with Crippen LogP contribution in [0.15, 0.2) is 18.5 Å². The van der Waals surface area contributed by atoms with Crippen molar-refractivity contribution in [2.24, 2.45) is 0 Å². The summed E-state index contributed by atoms with van der Waals surface area (Å²) in [6, 6.07) is 1.98. The molecule has 0 saturated heterocycles. The fourth-order valence-corrected chi connectivity index (χ4v) is 2.66. The third-order valence-corrected chi connectivity index (χ3v) is 3.72. The lowest BCUT2D eigenvalue weighted by molar-refractivity contribution is 0.0955. The molecule has 0 atom stereocenters. The number of H-pyrrole nitrogens is 1. The molecule has 0 aliphatic heterocycles. The van der Waals surface area contributed by atoms with Crippen LogP contribution >= 0.6 is 11.3 Å². The monoisotopic (exact) mass is 249 g/mol. The van der Waals surface area contributed by atoms with Crippen molar-refractivity contribution in [1.82, 2.24) is 15.5 Å². The summed E-state index contributed by atoms with van der Waals surface area (Å²) < 4.78 is 0. The Bertz CT molecular complexity index is 502.